The van der Waals surface area contributed by atoms with E-state index in [0.717, 1.165) is 0 Å². The van der Waals surface area contributed by atoms with Crippen LogP contribution >= 0.6 is 27.5 Å². The lowest BCUT2D eigenvalue weighted by Gasteiger charge is -2.17. The summed E-state index contributed by atoms with van der Waals surface area (Å²) in [6, 6.07) is 4.02. The van der Waals surface area contributed by atoms with Crippen LogP contribution in [0.2, 0.25) is 5.02 Å². The van der Waals surface area contributed by atoms with E-state index >= 15 is 0 Å². The van der Waals surface area contributed by atoms with Crippen molar-refractivity contribution in [2.24, 2.45) is 0 Å². The Morgan fingerprint density at radius 3 is 2.74 bits per heavy atom. The molecule has 0 aliphatic carbocycles. The van der Waals surface area contributed by atoms with E-state index in [0.29, 0.717) is 4.47 Å². The molecule has 0 saturated carbocycles. The van der Waals surface area contributed by atoms with Gasteiger partial charge in [-0.2, -0.15) is 0 Å². The van der Waals surface area contributed by atoms with E-state index in [4.69, 9.17) is 21.4 Å². The summed E-state index contributed by atoms with van der Waals surface area (Å²) in [7, 11) is -2.28. The van der Waals surface area contributed by atoms with Gasteiger partial charge < -0.3 is 9.84 Å². The molecule has 1 aromatic rings. The van der Waals surface area contributed by atoms with Gasteiger partial charge in [-0.05, 0) is 24.6 Å². The van der Waals surface area contributed by atoms with Crippen molar-refractivity contribution in [3.8, 4) is 0 Å². The molecule has 0 aliphatic heterocycles. The maximum Gasteiger partial charge on any atom is 0.242 e. The monoisotopic (exact) mass is 371 g/mol. The number of nitrogens with one attached hydrogen (secondary N) is 1. The van der Waals surface area contributed by atoms with Gasteiger partial charge in [-0.1, -0.05) is 27.5 Å². The lowest BCUT2D eigenvalue weighted by Crippen LogP contribution is -2.38. The second-order valence-electron chi connectivity index (χ2n) is 3.86. The number of aliphatic hydroxyl groups excluding tert-OH is 1. The Morgan fingerprint density at radius 2 is 2.21 bits per heavy atom. The molecular formula is C11H15BrClNO4S. The molecule has 1 atom stereocenters. The van der Waals surface area contributed by atoms with Crippen molar-refractivity contribution in [3.05, 3.63) is 27.7 Å². The van der Waals surface area contributed by atoms with E-state index in [2.05, 4.69) is 20.7 Å². The molecule has 0 bridgehead atoms. The van der Waals surface area contributed by atoms with Crippen LogP contribution in [0.5, 0.6) is 0 Å². The maximum atomic E-state index is 12.2. The van der Waals surface area contributed by atoms with E-state index in [1.54, 1.807) is 6.07 Å². The molecule has 5 nitrogen and oxygen atoms in total. The summed E-state index contributed by atoms with van der Waals surface area (Å²) in [4.78, 5) is -0.00332. The van der Waals surface area contributed by atoms with Crippen molar-refractivity contribution in [1.82, 2.24) is 4.72 Å². The summed E-state index contributed by atoms with van der Waals surface area (Å²) < 4.78 is 32.4. The van der Waals surface area contributed by atoms with Gasteiger partial charge in [0.15, 0.2) is 0 Å². The molecule has 0 aliphatic rings. The highest BCUT2D eigenvalue weighted by atomic mass is 79.9. The molecular weight excluding hydrogens is 358 g/mol. The van der Waals surface area contributed by atoms with Crippen molar-refractivity contribution < 1.29 is 18.3 Å². The van der Waals surface area contributed by atoms with E-state index < -0.39 is 16.1 Å². The van der Waals surface area contributed by atoms with Gasteiger partial charge in [0.05, 0.1) is 11.6 Å². The predicted molar refractivity (Wildman–Crippen MR) is 76.8 cm³/mol. The molecule has 0 fully saturated rings. The minimum atomic E-state index is -3.75. The van der Waals surface area contributed by atoms with Crippen LogP contribution in [0, 0.1) is 0 Å². The van der Waals surface area contributed by atoms with Crippen molar-refractivity contribution in [2.75, 3.05) is 20.3 Å². The number of benzene rings is 1. The van der Waals surface area contributed by atoms with Gasteiger partial charge in [0.1, 0.15) is 4.90 Å². The van der Waals surface area contributed by atoms with Gasteiger partial charge in [-0.3, -0.25) is 0 Å². The van der Waals surface area contributed by atoms with Gasteiger partial charge in [0, 0.05) is 24.2 Å². The second-order valence-corrected chi connectivity index (χ2v) is 6.87. The highest BCUT2D eigenvalue weighted by Gasteiger charge is 2.22. The zero-order valence-electron chi connectivity index (χ0n) is 10.3. The summed E-state index contributed by atoms with van der Waals surface area (Å²) in [5.41, 5.74) is 0. The van der Waals surface area contributed by atoms with Gasteiger partial charge in [0.2, 0.25) is 10.0 Å². The van der Waals surface area contributed by atoms with E-state index in [-0.39, 0.29) is 29.6 Å². The quantitative estimate of drug-likeness (QED) is 0.765. The Hall–Kier alpha value is -0.180. The normalized spacial score (nSPS) is 13.5. The Morgan fingerprint density at radius 1 is 1.53 bits per heavy atom. The van der Waals surface area contributed by atoms with Crippen LogP contribution in [0.1, 0.15) is 6.42 Å². The summed E-state index contributed by atoms with van der Waals surface area (Å²) in [6.45, 7) is 0.0402. The van der Waals surface area contributed by atoms with Crippen molar-refractivity contribution in [2.45, 2.75) is 17.4 Å². The standard InChI is InChI=1S/C11H15BrClNO4S/c1-18-7-9(4-5-15)14-19(16,17)11-3-2-8(12)6-10(11)13/h2-3,6,9,14-15H,4-5,7H2,1H3. The average Bonchev–Trinajstić information content (AvgIpc) is 2.28. The van der Waals surface area contributed by atoms with Gasteiger partial charge >= 0.3 is 0 Å². The molecule has 1 aromatic carbocycles. The van der Waals surface area contributed by atoms with Gasteiger partial charge in [0.25, 0.3) is 0 Å². The van der Waals surface area contributed by atoms with E-state index in [1.807, 2.05) is 0 Å². The van der Waals surface area contributed by atoms with Crippen LogP contribution in [0.15, 0.2) is 27.6 Å². The number of ether oxygens (including phenoxy) is 1. The number of hydrogen-bond acceptors (Lipinski definition) is 4. The Kier molecular flexibility index (Phi) is 6.72. The summed E-state index contributed by atoms with van der Waals surface area (Å²) in [5, 5.41) is 9.03. The number of methoxy groups -OCH3 is 1. The zero-order valence-corrected chi connectivity index (χ0v) is 13.4. The van der Waals surface area contributed by atoms with Crippen molar-refractivity contribution >= 4 is 37.6 Å². The first-order valence-corrected chi connectivity index (χ1v) is 8.13. The molecule has 108 valence electrons. The van der Waals surface area contributed by atoms with Crippen LogP contribution in [0.25, 0.3) is 0 Å². The van der Waals surface area contributed by atoms with Crippen molar-refractivity contribution in [1.29, 1.82) is 0 Å². The molecule has 0 radical (unpaired) electrons. The molecule has 0 saturated heterocycles. The third kappa shape index (κ3) is 5.02. The Balaban J connectivity index is 2.96. The summed E-state index contributed by atoms with van der Waals surface area (Å²) in [5.74, 6) is 0. The van der Waals surface area contributed by atoms with E-state index in [9.17, 15) is 8.42 Å². The second kappa shape index (κ2) is 7.56. The Bertz CT molecular complexity index is 517. The SMILES string of the molecule is COCC(CCO)NS(=O)(=O)c1ccc(Br)cc1Cl. The highest BCUT2D eigenvalue weighted by molar-refractivity contribution is 9.10. The molecule has 0 aromatic heterocycles. The largest absolute Gasteiger partial charge is 0.396 e. The third-order valence-corrected chi connectivity index (χ3v) is 4.85. The van der Waals surface area contributed by atoms with Crippen LogP contribution in [0.3, 0.4) is 0 Å². The van der Waals surface area contributed by atoms with Crippen LogP contribution in [0.4, 0.5) is 0 Å². The van der Waals surface area contributed by atoms with Crippen LogP contribution < -0.4 is 4.72 Å². The molecule has 1 rings (SSSR count). The highest BCUT2D eigenvalue weighted by Crippen LogP contribution is 2.25. The molecule has 1 unspecified atom stereocenters. The van der Waals surface area contributed by atoms with Crippen LogP contribution in [-0.2, 0) is 14.8 Å². The first-order valence-electron chi connectivity index (χ1n) is 5.48. The first-order chi connectivity index (χ1) is 8.90. The van der Waals surface area contributed by atoms with Gasteiger partial charge in [-0.25, -0.2) is 13.1 Å². The summed E-state index contributed by atoms with van der Waals surface area (Å²) in [6.07, 6.45) is 0.265. The topological polar surface area (TPSA) is 75.6 Å². The fourth-order valence-corrected chi connectivity index (χ4v) is 3.80. The lowest BCUT2D eigenvalue weighted by molar-refractivity contribution is 0.158. The fraction of sp³-hybridized carbons (Fsp3) is 0.455. The number of rotatable bonds is 7. The zero-order chi connectivity index (χ0) is 14.5. The number of aliphatic hydroxyl groups is 1. The smallest absolute Gasteiger partial charge is 0.242 e. The summed E-state index contributed by atoms with van der Waals surface area (Å²) >= 11 is 9.13. The fourth-order valence-electron chi connectivity index (χ4n) is 1.51. The van der Waals surface area contributed by atoms with Gasteiger partial charge in [-0.15, -0.1) is 0 Å². The number of hydrogen-bond donors (Lipinski definition) is 2. The van der Waals surface area contributed by atoms with E-state index in [1.165, 1.54) is 19.2 Å². The minimum Gasteiger partial charge on any atom is -0.396 e. The third-order valence-electron chi connectivity index (χ3n) is 2.35. The molecule has 8 heteroatoms. The van der Waals surface area contributed by atoms with Crippen molar-refractivity contribution in [3.63, 3.8) is 0 Å². The molecule has 0 spiro atoms. The number of halogens is 2. The molecule has 2 N–H and O–H groups in total. The van der Waals surface area contributed by atoms with Crippen LogP contribution in [-0.4, -0.2) is 39.9 Å². The number of sulfonamides is 1. The molecule has 0 amide bonds. The average molecular weight is 373 g/mol. The molecule has 0 heterocycles. The predicted octanol–water partition coefficient (Wildman–Crippen LogP) is 1.78. The maximum absolute atomic E-state index is 12.2. The molecule has 19 heavy (non-hydrogen) atoms. The Labute approximate surface area is 126 Å². The minimum absolute atomic E-state index is 0.00332. The lowest BCUT2D eigenvalue weighted by atomic mass is 10.2. The first kappa shape index (κ1) is 16.9.